The molecule has 2 N–H and O–H groups in total. The van der Waals surface area contributed by atoms with Gasteiger partial charge in [0.2, 0.25) is 5.91 Å². The molecule has 140 valence electrons. The Morgan fingerprint density at radius 2 is 2.08 bits per heavy atom. The Labute approximate surface area is 165 Å². The molecule has 0 fully saturated rings. The Bertz CT molecular complexity index is 785. The first kappa shape index (κ1) is 20.4. The topological polar surface area (TPSA) is 83.6 Å². The van der Waals surface area contributed by atoms with Gasteiger partial charge in [-0.2, -0.15) is 0 Å². The highest BCUT2D eigenvalue weighted by atomic mass is 35.5. The molecule has 0 aliphatic carbocycles. The van der Waals surface area contributed by atoms with E-state index in [0.717, 1.165) is 0 Å². The van der Waals surface area contributed by atoms with Crippen molar-refractivity contribution in [3.63, 3.8) is 0 Å². The lowest BCUT2D eigenvalue weighted by Gasteiger charge is -2.15. The fourth-order valence-electron chi connectivity index (χ4n) is 1.96. The Kier molecular flexibility index (Phi) is 7.65. The first-order chi connectivity index (χ1) is 12.4. The number of hydrogen-bond donors (Lipinski definition) is 2. The van der Waals surface area contributed by atoms with E-state index in [1.165, 1.54) is 16.2 Å². The van der Waals surface area contributed by atoms with Crippen molar-refractivity contribution >= 4 is 57.2 Å². The van der Waals surface area contributed by atoms with Gasteiger partial charge in [-0.3, -0.25) is 9.59 Å². The number of thiazole rings is 1. The Morgan fingerprint density at radius 1 is 1.31 bits per heavy atom. The largest absolute Gasteiger partial charge is 0.383 e. The summed E-state index contributed by atoms with van der Waals surface area (Å²) in [6, 6.07) is 5.10. The molecule has 0 spiro atoms. The number of aromatic nitrogens is 1. The molecule has 10 heteroatoms. The van der Waals surface area contributed by atoms with Crippen molar-refractivity contribution in [3.05, 3.63) is 39.3 Å². The molecule has 0 aliphatic heterocycles. The van der Waals surface area contributed by atoms with Crippen LogP contribution in [-0.2, 0) is 9.53 Å². The van der Waals surface area contributed by atoms with Gasteiger partial charge in [0.15, 0.2) is 5.13 Å². The first-order valence-electron chi connectivity index (χ1n) is 7.59. The molecule has 0 saturated carbocycles. The molecular formula is C16H18Cl2N4O3S. The smallest absolute Gasteiger partial charge is 0.273 e. The van der Waals surface area contributed by atoms with Crippen molar-refractivity contribution in [2.45, 2.75) is 0 Å². The van der Waals surface area contributed by atoms with E-state index in [9.17, 15) is 9.59 Å². The van der Waals surface area contributed by atoms with E-state index in [-0.39, 0.29) is 24.1 Å². The van der Waals surface area contributed by atoms with Gasteiger partial charge in [-0.05, 0) is 18.2 Å². The Balaban J connectivity index is 1.94. The quantitative estimate of drug-likeness (QED) is 0.646. The number of methoxy groups -OCH3 is 1. The van der Waals surface area contributed by atoms with E-state index in [1.807, 2.05) is 0 Å². The summed E-state index contributed by atoms with van der Waals surface area (Å²) in [5.74, 6) is -0.604. The lowest BCUT2D eigenvalue weighted by Crippen LogP contribution is -2.39. The number of nitrogens with zero attached hydrogens (tertiary/aromatic N) is 2. The van der Waals surface area contributed by atoms with Crippen molar-refractivity contribution in [3.8, 4) is 0 Å². The van der Waals surface area contributed by atoms with E-state index in [4.69, 9.17) is 27.9 Å². The fraction of sp³-hybridized carbons (Fsp3) is 0.312. The lowest BCUT2D eigenvalue weighted by atomic mass is 10.3. The van der Waals surface area contributed by atoms with Crippen LogP contribution >= 0.6 is 34.5 Å². The van der Waals surface area contributed by atoms with Crippen molar-refractivity contribution in [2.75, 3.05) is 39.2 Å². The third-order valence-electron chi connectivity index (χ3n) is 3.25. The van der Waals surface area contributed by atoms with Crippen molar-refractivity contribution < 1.29 is 14.3 Å². The van der Waals surface area contributed by atoms with Crippen LogP contribution in [0.1, 0.15) is 10.5 Å². The molecule has 2 aromatic rings. The van der Waals surface area contributed by atoms with Gasteiger partial charge in [-0.1, -0.05) is 23.2 Å². The second kappa shape index (κ2) is 9.72. The van der Waals surface area contributed by atoms with Crippen molar-refractivity contribution in [1.29, 1.82) is 0 Å². The number of benzene rings is 1. The van der Waals surface area contributed by atoms with Crippen LogP contribution in [0.3, 0.4) is 0 Å². The van der Waals surface area contributed by atoms with Crippen LogP contribution < -0.4 is 10.6 Å². The van der Waals surface area contributed by atoms with Crippen LogP contribution in [0.4, 0.5) is 10.8 Å². The van der Waals surface area contributed by atoms with E-state index < -0.39 is 0 Å². The third kappa shape index (κ3) is 5.84. The zero-order valence-corrected chi connectivity index (χ0v) is 16.5. The molecule has 1 heterocycles. The Hall–Kier alpha value is -1.87. The summed E-state index contributed by atoms with van der Waals surface area (Å²) < 4.78 is 4.85. The van der Waals surface area contributed by atoms with Gasteiger partial charge >= 0.3 is 0 Å². The average molecular weight is 417 g/mol. The molecule has 7 nitrogen and oxygen atoms in total. The van der Waals surface area contributed by atoms with Crippen LogP contribution in [0.5, 0.6) is 0 Å². The lowest BCUT2D eigenvalue weighted by molar-refractivity contribution is -0.121. The number of amides is 2. The molecule has 2 rings (SSSR count). The number of carbonyl (C=O) groups is 2. The molecule has 0 unspecified atom stereocenters. The minimum atomic E-state index is -0.342. The summed E-state index contributed by atoms with van der Waals surface area (Å²) >= 11 is 13.1. The third-order valence-corrected chi connectivity index (χ3v) is 4.75. The normalized spacial score (nSPS) is 10.5. The van der Waals surface area contributed by atoms with Gasteiger partial charge in [0.1, 0.15) is 5.69 Å². The van der Waals surface area contributed by atoms with Crippen LogP contribution in [0.2, 0.25) is 10.0 Å². The predicted molar refractivity (Wildman–Crippen MR) is 104 cm³/mol. The van der Waals surface area contributed by atoms with Gasteiger partial charge in [-0.15, -0.1) is 11.3 Å². The highest BCUT2D eigenvalue weighted by molar-refractivity contribution is 7.14. The maximum atomic E-state index is 12.4. The maximum Gasteiger partial charge on any atom is 0.273 e. The van der Waals surface area contributed by atoms with Crippen LogP contribution in [0, 0.1) is 0 Å². The first-order valence-corrected chi connectivity index (χ1v) is 9.23. The summed E-state index contributed by atoms with van der Waals surface area (Å²) in [6.07, 6.45) is 0. The number of halogens is 2. The molecular weight excluding hydrogens is 399 g/mol. The van der Waals surface area contributed by atoms with Crippen LogP contribution in [0.25, 0.3) is 0 Å². The van der Waals surface area contributed by atoms with Crippen molar-refractivity contribution in [2.24, 2.45) is 0 Å². The van der Waals surface area contributed by atoms with Gasteiger partial charge < -0.3 is 20.3 Å². The van der Waals surface area contributed by atoms with Gasteiger partial charge in [0.05, 0.1) is 23.2 Å². The molecule has 1 aromatic heterocycles. The predicted octanol–water partition coefficient (Wildman–Crippen LogP) is 3.03. The monoisotopic (exact) mass is 416 g/mol. The number of ether oxygens (including phenoxy) is 1. The van der Waals surface area contributed by atoms with E-state index >= 15 is 0 Å². The van der Waals surface area contributed by atoms with E-state index in [1.54, 1.807) is 37.7 Å². The Morgan fingerprint density at radius 3 is 2.77 bits per heavy atom. The van der Waals surface area contributed by atoms with E-state index in [0.29, 0.717) is 34.0 Å². The summed E-state index contributed by atoms with van der Waals surface area (Å²) in [4.78, 5) is 29.7. The minimum Gasteiger partial charge on any atom is -0.383 e. The average Bonchev–Trinajstić information content (AvgIpc) is 3.06. The van der Waals surface area contributed by atoms with E-state index in [2.05, 4.69) is 15.6 Å². The molecule has 0 aliphatic rings. The molecule has 2 amide bonds. The molecule has 1 aromatic carbocycles. The number of rotatable bonds is 8. The van der Waals surface area contributed by atoms with Crippen molar-refractivity contribution in [1.82, 2.24) is 15.2 Å². The molecule has 26 heavy (non-hydrogen) atoms. The zero-order valence-electron chi connectivity index (χ0n) is 14.2. The second-order valence-electron chi connectivity index (χ2n) is 5.30. The highest BCUT2D eigenvalue weighted by Crippen LogP contribution is 2.28. The maximum absolute atomic E-state index is 12.4. The van der Waals surface area contributed by atoms with Crippen LogP contribution in [0.15, 0.2) is 23.6 Å². The second-order valence-corrected chi connectivity index (χ2v) is 6.97. The number of hydrogen-bond acceptors (Lipinski definition) is 6. The summed E-state index contributed by atoms with van der Waals surface area (Å²) in [5.41, 5.74) is 0.961. The number of nitrogens with one attached hydrogen (secondary N) is 2. The molecule has 0 bridgehead atoms. The van der Waals surface area contributed by atoms with Gasteiger partial charge in [0, 0.05) is 31.8 Å². The molecule has 0 saturated heterocycles. The number of anilines is 2. The molecule has 0 radical (unpaired) electrons. The molecule has 0 atom stereocenters. The number of likely N-dealkylation sites (N-methyl/N-ethyl adjacent to an activating group) is 1. The SMILES string of the molecule is COCCNC(=O)CN(C)C(=O)c1csc(Nc2ccc(Cl)c(Cl)c2)n1. The minimum absolute atomic E-state index is 0.0599. The van der Waals surface area contributed by atoms with Gasteiger partial charge in [0.25, 0.3) is 5.91 Å². The van der Waals surface area contributed by atoms with Gasteiger partial charge in [-0.25, -0.2) is 4.98 Å². The van der Waals surface area contributed by atoms with Crippen LogP contribution in [-0.4, -0.2) is 55.6 Å². The summed E-state index contributed by atoms with van der Waals surface area (Å²) in [6.45, 7) is 0.751. The zero-order chi connectivity index (χ0) is 19.1. The highest BCUT2D eigenvalue weighted by Gasteiger charge is 2.18. The number of carbonyl (C=O) groups excluding carboxylic acids is 2. The fourth-order valence-corrected chi connectivity index (χ4v) is 2.96. The summed E-state index contributed by atoms with van der Waals surface area (Å²) in [7, 11) is 3.09. The summed E-state index contributed by atoms with van der Waals surface area (Å²) in [5, 5.41) is 8.75. The standard InChI is InChI=1S/C16H18Cl2N4O3S/c1-22(8-14(23)19-5-6-25-2)15(24)13-9-26-16(21-13)20-10-3-4-11(17)12(18)7-10/h3-4,7,9H,5-6,8H2,1-2H3,(H,19,23)(H,20,21).